The molecule has 0 saturated carbocycles. The lowest BCUT2D eigenvalue weighted by Crippen LogP contribution is -2.53. The molecule has 4 unspecified atom stereocenters. The van der Waals surface area contributed by atoms with Crippen molar-refractivity contribution in [3.63, 3.8) is 0 Å². The normalized spacial score (nSPS) is 13.7. The zero-order chi connectivity index (χ0) is 49.5. The lowest BCUT2D eigenvalue weighted by molar-refractivity contribution is -0.132. The van der Waals surface area contributed by atoms with Gasteiger partial charge in [0.05, 0.1) is 18.8 Å². The molecule has 0 heterocycles. The predicted molar refractivity (Wildman–Crippen MR) is 298 cm³/mol. The van der Waals surface area contributed by atoms with Crippen molar-refractivity contribution in [2.24, 2.45) is 0 Å². The van der Waals surface area contributed by atoms with Gasteiger partial charge < -0.3 is 25.7 Å². The van der Waals surface area contributed by atoms with Crippen LogP contribution in [0.25, 0.3) is 0 Å². The Kier molecular flexibility index (Phi) is 56.2. The summed E-state index contributed by atoms with van der Waals surface area (Å²) in [7, 11) is 0. The summed E-state index contributed by atoms with van der Waals surface area (Å²) in [5.74, 6) is -0.586. The SMILES string of the molecule is CCCCCCCCCCCCCCCCCCCCCCCCCCCCC/C=C/CCCC(O)C(O)C(CO)NC(=O)C(O)CCCCCCCCCCCCCCCCCCCCCC. The van der Waals surface area contributed by atoms with Gasteiger partial charge in [-0.3, -0.25) is 4.79 Å². The minimum atomic E-state index is -1.28. The first-order valence-electron chi connectivity index (χ1n) is 31.1. The van der Waals surface area contributed by atoms with E-state index in [9.17, 15) is 25.2 Å². The van der Waals surface area contributed by atoms with E-state index in [1.807, 2.05) is 0 Å². The van der Waals surface area contributed by atoms with Crippen LogP contribution in [0.4, 0.5) is 0 Å². The van der Waals surface area contributed by atoms with Gasteiger partial charge in [-0.1, -0.05) is 321 Å². The number of carbonyl (C=O) groups is 1. The van der Waals surface area contributed by atoms with Gasteiger partial charge in [0, 0.05) is 0 Å². The second-order valence-corrected chi connectivity index (χ2v) is 21.8. The molecule has 6 nitrogen and oxygen atoms in total. The first-order valence-corrected chi connectivity index (χ1v) is 31.1. The molecule has 0 radical (unpaired) electrons. The first-order chi connectivity index (χ1) is 33.5. The maximum atomic E-state index is 12.6. The number of aliphatic hydroxyl groups is 4. The molecule has 5 N–H and O–H groups in total. The molecule has 68 heavy (non-hydrogen) atoms. The van der Waals surface area contributed by atoms with Crippen molar-refractivity contribution in [3.05, 3.63) is 12.2 Å². The highest BCUT2D eigenvalue weighted by atomic mass is 16.3. The zero-order valence-corrected chi connectivity index (χ0v) is 46.1. The largest absolute Gasteiger partial charge is 0.394 e. The van der Waals surface area contributed by atoms with Crippen LogP contribution in [0.5, 0.6) is 0 Å². The van der Waals surface area contributed by atoms with Crippen LogP contribution in [-0.2, 0) is 4.79 Å². The Labute approximate surface area is 425 Å². The molecule has 0 aliphatic carbocycles. The second-order valence-electron chi connectivity index (χ2n) is 21.8. The van der Waals surface area contributed by atoms with Gasteiger partial charge in [-0.15, -0.1) is 0 Å². The topological polar surface area (TPSA) is 110 Å². The second kappa shape index (κ2) is 57.0. The van der Waals surface area contributed by atoms with E-state index in [0.717, 1.165) is 38.5 Å². The van der Waals surface area contributed by atoms with Crippen molar-refractivity contribution < 1.29 is 25.2 Å². The van der Waals surface area contributed by atoms with Gasteiger partial charge in [0.15, 0.2) is 0 Å². The number of amides is 1. The minimum Gasteiger partial charge on any atom is -0.394 e. The predicted octanol–water partition coefficient (Wildman–Crippen LogP) is 18.4. The molecule has 0 saturated heterocycles. The molecule has 6 heteroatoms. The van der Waals surface area contributed by atoms with Crippen LogP contribution < -0.4 is 5.32 Å². The fourth-order valence-corrected chi connectivity index (χ4v) is 10.1. The molecule has 0 fully saturated rings. The van der Waals surface area contributed by atoms with E-state index in [0.29, 0.717) is 12.8 Å². The lowest BCUT2D eigenvalue weighted by atomic mass is 10.00. The van der Waals surface area contributed by atoms with Crippen LogP contribution in [-0.4, -0.2) is 57.3 Å². The third-order valence-corrected chi connectivity index (χ3v) is 15.0. The summed E-state index contributed by atoms with van der Waals surface area (Å²) < 4.78 is 0. The van der Waals surface area contributed by atoms with Gasteiger partial charge in [-0.25, -0.2) is 0 Å². The number of hydrogen-bond acceptors (Lipinski definition) is 5. The summed E-state index contributed by atoms with van der Waals surface area (Å²) >= 11 is 0. The molecule has 0 aromatic heterocycles. The highest BCUT2D eigenvalue weighted by Gasteiger charge is 2.28. The fraction of sp³-hybridized carbons (Fsp3) is 0.952. The van der Waals surface area contributed by atoms with E-state index in [1.165, 1.54) is 283 Å². The monoisotopic (exact) mass is 962 g/mol. The minimum absolute atomic E-state index is 0.369. The summed E-state index contributed by atoms with van der Waals surface area (Å²) in [4.78, 5) is 12.6. The molecular weight excluding hydrogens is 839 g/mol. The Balaban J connectivity index is 3.57. The Morgan fingerprint density at radius 3 is 0.882 bits per heavy atom. The third kappa shape index (κ3) is 50.0. The van der Waals surface area contributed by atoms with Gasteiger partial charge in [-0.2, -0.15) is 0 Å². The van der Waals surface area contributed by atoms with Crippen molar-refractivity contribution in [3.8, 4) is 0 Å². The van der Waals surface area contributed by atoms with Gasteiger partial charge in [-0.05, 0) is 38.5 Å². The summed E-state index contributed by atoms with van der Waals surface area (Å²) in [6.45, 7) is 4.09. The van der Waals surface area contributed by atoms with Crippen molar-refractivity contribution in [1.82, 2.24) is 5.32 Å². The van der Waals surface area contributed by atoms with E-state index >= 15 is 0 Å². The van der Waals surface area contributed by atoms with Crippen LogP contribution >= 0.6 is 0 Å². The standard InChI is InChI=1S/C62H123NO5/c1-3-5-7-9-11-13-15-17-19-21-23-25-26-27-28-29-30-31-32-33-34-35-36-38-39-41-43-45-47-49-51-53-55-59(65)61(67)58(57-64)63-62(68)60(66)56-54-52-50-48-46-44-42-40-37-24-22-20-18-16-14-12-10-8-6-4-2/h47,49,58-61,64-67H,3-46,48,50-57H2,1-2H3,(H,63,68)/b49-47+. The highest BCUT2D eigenvalue weighted by molar-refractivity contribution is 5.80. The fourth-order valence-electron chi connectivity index (χ4n) is 10.1. The molecule has 0 spiro atoms. The van der Waals surface area contributed by atoms with Crippen molar-refractivity contribution in [2.75, 3.05) is 6.61 Å². The summed E-state index contributed by atoms with van der Waals surface area (Å²) in [5, 5.41) is 44.0. The molecule has 4 atom stereocenters. The van der Waals surface area contributed by atoms with E-state index in [-0.39, 0.29) is 0 Å². The van der Waals surface area contributed by atoms with Gasteiger partial charge in [0.2, 0.25) is 5.91 Å². The van der Waals surface area contributed by atoms with Crippen LogP contribution in [0.2, 0.25) is 0 Å². The Morgan fingerprint density at radius 1 is 0.353 bits per heavy atom. The van der Waals surface area contributed by atoms with Gasteiger partial charge in [0.25, 0.3) is 0 Å². The molecule has 0 aliphatic heterocycles. The van der Waals surface area contributed by atoms with E-state index in [2.05, 4.69) is 31.3 Å². The number of aliphatic hydroxyl groups excluding tert-OH is 4. The van der Waals surface area contributed by atoms with E-state index in [1.54, 1.807) is 0 Å². The lowest BCUT2D eigenvalue weighted by Gasteiger charge is -2.27. The molecule has 406 valence electrons. The molecule has 0 bridgehead atoms. The molecular formula is C62H123NO5. The van der Waals surface area contributed by atoms with Crippen LogP contribution in [0.1, 0.15) is 348 Å². The van der Waals surface area contributed by atoms with Crippen molar-refractivity contribution >= 4 is 5.91 Å². The number of nitrogens with one attached hydrogen (secondary N) is 1. The van der Waals surface area contributed by atoms with Crippen molar-refractivity contribution in [1.29, 1.82) is 0 Å². The molecule has 0 aromatic rings. The van der Waals surface area contributed by atoms with Crippen LogP contribution in [0, 0.1) is 0 Å². The maximum Gasteiger partial charge on any atom is 0.249 e. The zero-order valence-electron chi connectivity index (χ0n) is 46.1. The highest BCUT2D eigenvalue weighted by Crippen LogP contribution is 2.19. The van der Waals surface area contributed by atoms with Gasteiger partial charge in [0.1, 0.15) is 12.2 Å². The van der Waals surface area contributed by atoms with Crippen molar-refractivity contribution in [2.45, 2.75) is 372 Å². The van der Waals surface area contributed by atoms with E-state index < -0.39 is 36.9 Å². The first kappa shape index (κ1) is 67.0. The Morgan fingerprint density at radius 2 is 0.603 bits per heavy atom. The Bertz CT molecular complexity index is 990. The van der Waals surface area contributed by atoms with Gasteiger partial charge >= 0.3 is 0 Å². The molecule has 1 amide bonds. The average Bonchev–Trinajstić information content (AvgIpc) is 3.34. The average molecular weight is 963 g/mol. The Hall–Kier alpha value is -0.950. The van der Waals surface area contributed by atoms with E-state index in [4.69, 9.17) is 0 Å². The summed E-state index contributed by atoms with van der Waals surface area (Å²) in [5.41, 5.74) is 0. The third-order valence-electron chi connectivity index (χ3n) is 15.0. The molecule has 0 aliphatic rings. The summed E-state index contributed by atoms with van der Waals surface area (Å²) in [6, 6.07) is -0.999. The molecule has 0 rings (SSSR count). The number of unbranched alkanes of at least 4 members (excludes halogenated alkanes) is 47. The summed E-state index contributed by atoms with van der Waals surface area (Å²) in [6.07, 6.45) is 68.8. The van der Waals surface area contributed by atoms with Crippen LogP contribution in [0.15, 0.2) is 12.2 Å². The number of carbonyl (C=O) groups excluding carboxylic acids is 1. The number of hydrogen-bond donors (Lipinski definition) is 5. The smallest absolute Gasteiger partial charge is 0.249 e. The number of allylic oxidation sites excluding steroid dienone is 2. The maximum absolute atomic E-state index is 12.6. The number of rotatable bonds is 58. The molecule has 0 aromatic carbocycles. The quantitative estimate of drug-likeness (QED) is 0.0308. The van der Waals surface area contributed by atoms with Crippen LogP contribution in [0.3, 0.4) is 0 Å².